The molecule has 4 nitrogen and oxygen atoms in total. The molecule has 0 bridgehead atoms. The first kappa shape index (κ1) is 15.9. The van der Waals surface area contributed by atoms with Crippen molar-refractivity contribution in [3.8, 4) is 0 Å². The highest BCUT2D eigenvalue weighted by Crippen LogP contribution is 2.09. The molecule has 5 heteroatoms. The van der Waals surface area contributed by atoms with Crippen molar-refractivity contribution < 1.29 is 8.42 Å². The van der Waals surface area contributed by atoms with Crippen molar-refractivity contribution in [2.24, 2.45) is 0 Å². The summed E-state index contributed by atoms with van der Waals surface area (Å²) in [6.07, 6.45) is 1.55. The molecule has 0 aromatic rings. The third kappa shape index (κ3) is 5.82. The minimum atomic E-state index is -3.07. The number of nitrogens with zero attached hydrogens (tertiary/aromatic N) is 1. The van der Waals surface area contributed by atoms with Crippen LogP contribution in [0.2, 0.25) is 0 Å². The SMILES string of the molecule is CCCN(C(C)C)S(=O)(=O)CCCNCC. The van der Waals surface area contributed by atoms with Gasteiger partial charge in [0.05, 0.1) is 5.75 Å². The fourth-order valence-electron chi connectivity index (χ4n) is 1.61. The Labute approximate surface area is 100 Å². The highest BCUT2D eigenvalue weighted by molar-refractivity contribution is 7.89. The Bertz CT molecular complexity index is 263. The molecule has 0 aliphatic carbocycles. The lowest BCUT2D eigenvalue weighted by Gasteiger charge is -2.25. The van der Waals surface area contributed by atoms with Crippen molar-refractivity contribution in [1.29, 1.82) is 0 Å². The molecule has 0 atom stereocenters. The average molecular weight is 250 g/mol. The standard InChI is InChI=1S/C11H26N2O2S/c1-5-9-13(11(3)4)16(14,15)10-7-8-12-6-2/h11-12H,5-10H2,1-4H3. The zero-order chi connectivity index (χ0) is 12.6. The Hall–Kier alpha value is -0.130. The molecule has 0 amide bonds. The van der Waals surface area contributed by atoms with Crippen LogP contribution in [0.4, 0.5) is 0 Å². The first-order valence-corrected chi connectivity index (χ1v) is 7.76. The Morgan fingerprint density at radius 3 is 2.31 bits per heavy atom. The molecule has 0 aliphatic rings. The van der Waals surface area contributed by atoms with Gasteiger partial charge < -0.3 is 5.32 Å². The van der Waals surface area contributed by atoms with Crippen molar-refractivity contribution in [2.75, 3.05) is 25.4 Å². The van der Waals surface area contributed by atoms with Gasteiger partial charge >= 0.3 is 0 Å². The fraction of sp³-hybridized carbons (Fsp3) is 1.00. The summed E-state index contributed by atoms with van der Waals surface area (Å²) in [6, 6.07) is 0.0593. The van der Waals surface area contributed by atoms with Gasteiger partial charge in [0.1, 0.15) is 0 Å². The summed E-state index contributed by atoms with van der Waals surface area (Å²) in [4.78, 5) is 0. The van der Waals surface area contributed by atoms with Gasteiger partial charge in [0, 0.05) is 12.6 Å². The molecular formula is C11H26N2O2S. The maximum atomic E-state index is 12.0. The zero-order valence-corrected chi connectivity index (χ0v) is 11.8. The number of rotatable bonds is 9. The van der Waals surface area contributed by atoms with Crippen molar-refractivity contribution in [3.05, 3.63) is 0 Å². The molecule has 16 heavy (non-hydrogen) atoms. The third-order valence-electron chi connectivity index (χ3n) is 2.38. The van der Waals surface area contributed by atoms with E-state index in [1.54, 1.807) is 4.31 Å². The minimum absolute atomic E-state index is 0.0593. The van der Waals surface area contributed by atoms with E-state index in [1.807, 2.05) is 27.7 Å². The van der Waals surface area contributed by atoms with E-state index in [1.165, 1.54) is 0 Å². The molecule has 0 heterocycles. The topological polar surface area (TPSA) is 49.4 Å². The predicted molar refractivity (Wildman–Crippen MR) is 69.1 cm³/mol. The smallest absolute Gasteiger partial charge is 0.214 e. The van der Waals surface area contributed by atoms with Gasteiger partial charge in [0.2, 0.25) is 10.0 Å². The molecule has 98 valence electrons. The van der Waals surface area contributed by atoms with Gasteiger partial charge in [-0.1, -0.05) is 13.8 Å². The predicted octanol–water partition coefficient (Wildman–Crippen LogP) is 1.44. The summed E-state index contributed by atoms with van der Waals surface area (Å²) >= 11 is 0. The monoisotopic (exact) mass is 250 g/mol. The molecule has 1 N–H and O–H groups in total. The van der Waals surface area contributed by atoms with Gasteiger partial charge in [-0.05, 0) is 39.8 Å². The molecule has 0 fully saturated rings. The van der Waals surface area contributed by atoms with Crippen LogP contribution in [0.3, 0.4) is 0 Å². The largest absolute Gasteiger partial charge is 0.317 e. The molecule has 0 radical (unpaired) electrons. The third-order valence-corrected chi connectivity index (χ3v) is 4.51. The van der Waals surface area contributed by atoms with Crippen LogP contribution in [0, 0.1) is 0 Å². The molecule has 0 aromatic heterocycles. The van der Waals surface area contributed by atoms with Crippen LogP contribution >= 0.6 is 0 Å². The summed E-state index contributed by atoms with van der Waals surface area (Å²) in [6.45, 7) is 10.2. The summed E-state index contributed by atoms with van der Waals surface area (Å²) in [7, 11) is -3.07. The van der Waals surface area contributed by atoms with E-state index >= 15 is 0 Å². The van der Waals surface area contributed by atoms with Gasteiger partial charge in [-0.25, -0.2) is 8.42 Å². The normalized spacial score (nSPS) is 12.6. The molecule has 0 spiro atoms. The quantitative estimate of drug-likeness (QED) is 0.630. The van der Waals surface area contributed by atoms with Crippen molar-refractivity contribution in [1.82, 2.24) is 9.62 Å². The van der Waals surface area contributed by atoms with Crippen LogP contribution in [0.15, 0.2) is 0 Å². The average Bonchev–Trinajstić information content (AvgIpc) is 2.20. The second kappa shape index (κ2) is 8.03. The number of hydrogen-bond donors (Lipinski definition) is 1. The Kier molecular flexibility index (Phi) is 7.97. The first-order valence-electron chi connectivity index (χ1n) is 6.16. The van der Waals surface area contributed by atoms with Crippen LogP contribution in [0.1, 0.15) is 40.5 Å². The van der Waals surface area contributed by atoms with E-state index in [4.69, 9.17) is 0 Å². The van der Waals surface area contributed by atoms with Crippen molar-refractivity contribution in [2.45, 2.75) is 46.6 Å². The summed E-state index contributed by atoms with van der Waals surface area (Å²) in [5, 5.41) is 3.14. The molecule has 0 unspecified atom stereocenters. The van der Waals surface area contributed by atoms with Crippen LogP contribution in [0.5, 0.6) is 0 Å². The Morgan fingerprint density at radius 2 is 1.88 bits per heavy atom. The molecule has 0 aromatic carbocycles. The van der Waals surface area contributed by atoms with Gasteiger partial charge in [0.25, 0.3) is 0 Å². The lowest BCUT2D eigenvalue weighted by molar-refractivity contribution is 0.353. The van der Waals surface area contributed by atoms with Gasteiger partial charge in [0.15, 0.2) is 0 Å². The van der Waals surface area contributed by atoms with Crippen LogP contribution in [0.25, 0.3) is 0 Å². The second-order valence-electron chi connectivity index (χ2n) is 4.23. The van der Waals surface area contributed by atoms with E-state index in [2.05, 4.69) is 5.32 Å². The molecule has 0 aliphatic heterocycles. The zero-order valence-electron chi connectivity index (χ0n) is 11.0. The highest BCUT2D eigenvalue weighted by Gasteiger charge is 2.23. The van der Waals surface area contributed by atoms with Crippen molar-refractivity contribution in [3.63, 3.8) is 0 Å². The second-order valence-corrected chi connectivity index (χ2v) is 6.27. The number of hydrogen-bond acceptors (Lipinski definition) is 3. The number of sulfonamides is 1. The maximum Gasteiger partial charge on any atom is 0.214 e. The van der Waals surface area contributed by atoms with E-state index in [0.29, 0.717) is 13.0 Å². The summed E-state index contributed by atoms with van der Waals surface area (Å²) < 4.78 is 25.7. The Balaban J connectivity index is 4.26. The Morgan fingerprint density at radius 1 is 1.25 bits per heavy atom. The van der Waals surface area contributed by atoms with Crippen molar-refractivity contribution >= 4 is 10.0 Å². The fourth-order valence-corrected chi connectivity index (χ4v) is 3.46. The van der Waals surface area contributed by atoms with E-state index < -0.39 is 10.0 Å². The molecule has 0 saturated carbocycles. The molecular weight excluding hydrogens is 224 g/mol. The van der Waals surface area contributed by atoms with Crippen LogP contribution in [-0.4, -0.2) is 44.2 Å². The maximum absolute atomic E-state index is 12.0. The molecule has 0 rings (SSSR count). The van der Waals surface area contributed by atoms with Gasteiger partial charge in [-0.3, -0.25) is 0 Å². The highest BCUT2D eigenvalue weighted by atomic mass is 32.2. The van der Waals surface area contributed by atoms with Gasteiger partial charge in [-0.2, -0.15) is 4.31 Å². The lowest BCUT2D eigenvalue weighted by Crippen LogP contribution is -2.39. The molecule has 0 saturated heterocycles. The summed E-state index contributed by atoms with van der Waals surface area (Å²) in [5.41, 5.74) is 0. The lowest BCUT2D eigenvalue weighted by atomic mass is 10.4. The van der Waals surface area contributed by atoms with E-state index in [0.717, 1.165) is 19.5 Å². The number of nitrogens with one attached hydrogen (secondary N) is 1. The van der Waals surface area contributed by atoms with Crippen LogP contribution < -0.4 is 5.32 Å². The minimum Gasteiger partial charge on any atom is -0.317 e. The first-order chi connectivity index (χ1) is 7.45. The van der Waals surface area contributed by atoms with E-state index in [9.17, 15) is 8.42 Å². The van der Waals surface area contributed by atoms with Gasteiger partial charge in [-0.15, -0.1) is 0 Å². The van der Waals surface area contributed by atoms with Crippen LogP contribution in [-0.2, 0) is 10.0 Å². The summed E-state index contributed by atoms with van der Waals surface area (Å²) in [5.74, 6) is 0.248. The van der Waals surface area contributed by atoms with E-state index in [-0.39, 0.29) is 11.8 Å².